The van der Waals surface area contributed by atoms with Crippen molar-refractivity contribution < 1.29 is 5.11 Å². The van der Waals surface area contributed by atoms with E-state index in [0.29, 0.717) is 6.61 Å². The summed E-state index contributed by atoms with van der Waals surface area (Å²) < 4.78 is 0. The number of hydrogen-bond acceptors (Lipinski definition) is 1. The van der Waals surface area contributed by atoms with Gasteiger partial charge in [-0.15, -0.1) is 0 Å². The van der Waals surface area contributed by atoms with Gasteiger partial charge in [-0.05, 0) is 6.42 Å². The first-order valence-electron chi connectivity index (χ1n) is 4.02. The molecule has 0 aliphatic heterocycles. The summed E-state index contributed by atoms with van der Waals surface area (Å²) >= 11 is 0. The Morgan fingerprint density at radius 3 is 1.90 bits per heavy atom. The van der Waals surface area contributed by atoms with Gasteiger partial charge in [-0.1, -0.05) is 39.0 Å². The van der Waals surface area contributed by atoms with Crippen molar-refractivity contribution in [3.8, 4) is 0 Å². The molecular formula is C8H18AlO+3. The molecule has 1 N–H and O–H groups in total. The summed E-state index contributed by atoms with van der Waals surface area (Å²) in [5, 5.41) is 8.42. The molecular weight excluding hydrogens is 139 g/mol. The number of aliphatic hydroxyl groups excluding tert-OH is 1. The molecule has 2 heteroatoms. The summed E-state index contributed by atoms with van der Waals surface area (Å²) in [6.45, 7) is 2.58. The zero-order chi connectivity index (χ0) is 6.95. The summed E-state index contributed by atoms with van der Waals surface area (Å²) in [6, 6.07) is 0. The van der Waals surface area contributed by atoms with Crippen molar-refractivity contribution in [2.75, 3.05) is 6.61 Å². The summed E-state index contributed by atoms with van der Waals surface area (Å²) in [7, 11) is 0. The van der Waals surface area contributed by atoms with Crippen LogP contribution in [0.2, 0.25) is 0 Å². The first kappa shape index (κ1) is 13.1. The van der Waals surface area contributed by atoms with Gasteiger partial charge in [0.2, 0.25) is 0 Å². The molecule has 0 rings (SSSR count). The molecule has 0 heterocycles. The molecule has 0 aliphatic carbocycles. The molecule has 0 saturated heterocycles. The Bertz CT molecular complexity index is 42.5. The molecule has 0 atom stereocenters. The maximum Gasteiger partial charge on any atom is 3.00 e. The van der Waals surface area contributed by atoms with E-state index >= 15 is 0 Å². The van der Waals surface area contributed by atoms with E-state index in [4.69, 9.17) is 5.11 Å². The quantitative estimate of drug-likeness (QED) is 0.461. The number of hydrogen-bond donors (Lipinski definition) is 1. The molecule has 0 fully saturated rings. The van der Waals surface area contributed by atoms with Crippen molar-refractivity contribution in [2.24, 2.45) is 0 Å². The third-order valence-corrected chi connectivity index (χ3v) is 1.51. The van der Waals surface area contributed by atoms with Crippen LogP contribution in [0.3, 0.4) is 0 Å². The maximum absolute atomic E-state index is 8.42. The van der Waals surface area contributed by atoms with E-state index in [1.165, 1.54) is 32.1 Å². The zero-order valence-corrected chi connectivity index (χ0v) is 8.13. The first-order valence-corrected chi connectivity index (χ1v) is 4.02. The van der Waals surface area contributed by atoms with Crippen LogP contribution < -0.4 is 0 Å². The van der Waals surface area contributed by atoms with Gasteiger partial charge in [0.15, 0.2) is 0 Å². The molecule has 1 nitrogen and oxygen atoms in total. The predicted octanol–water partition coefficient (Wildman–Crippen LogP) is 1.96. The van der Waals surface area contributed by atoms with Gasteiger partial charge >= 0.3 is 17.4 Å². The van der Waals surface area contributed by atoms with Crippen molar-refractivity contribution in [1.82, 2.24) is 0 Å². The zero-order valence-electron chi connectivity index (χ0n) is 6.97. The Hall–Kier alpha value is 0.492. The number of rotatable bonds is 6. The largest absolute Gasteiger partial charge is 3.00 e. The van der Waals surface area contributed by atoms with Gasteiger partial charge in [0.1, 0.15) is 0 Å². The Morgan fingerprint density at radius 2 is 1.40 bits per heavy atom. The molecule has 0 unspecified atom stereocenters. The molecule has 0 bridgehead atoms. The van der Waals surface area contributed by atoms with Crippen LogP contribution in [0.4, 0.5) is 0 Å². The van der Waals surface area contributed by atoms with Crippen molar-refractivity contribution >= 4 is 17.4 Å². The Labute approximate surface area is 75.0 Å². The molecule has 0 amide bonds. The van der Waals surface area contributed by atoms with Crippen molar-refractivity contribution in [3.05, 3.63) is 0 Å². The molecule has 0 aromatic rings. The second kappa shape index (κ2) is 12.2. The van der Waals surface area contributed by atoms with Gasteiger partial charge in [0.05, 0.1) is 0 Å². The summed E-state index contributed by atoms with van der Waals surface area (Å²) in [5.41, 5.74) is 0. The van der Waals surface area contributed by atoms with Crippen LogP contribution >= 0.6 is 0 Å². The molecule has 10 heavy (non-hydrogen) atoms. The SMILES string of the molecule is CCCCCCCCO.[Al+3]. The topological polar surface area (TPSA) is 20.2 Å². The smallest absolute Gasteiger partial charge is 0.396 e. The molecule has 0 spiro atoms. The summed E-state index contributed by atoms with van der Waals surface area (Å²) in [4.78, 5) is 0. The third kappa shape index (κ3) is 11.3. The van der Waals surface area contributed by atoms with E-state index < -0.39 is 0 Å². The van der Waals surface area contributed by atoms with Crippen LogP contribution in [0.1, 0.15) is 45.4 Å². The minimum absolute atomic E-state index is 0. The summed E-state index contributed by atoms with van der Waals surface area (Å²) in [5.74, 6) is 0. The maximum atomic E-state index is 8.42. The fraction of sp³-hybridized carbons (Fsp3) is 1.00. The Kier molecular flexibility index (Phi) is 16.0. The van der Waals surface area contributed by atoms with Crippen molar-refractivity contribution in [2.45, 2.75) is 45.4 Å². The van der Waals surface area contributed by atoms with Gasteiger partial charge < -0.3 is 5.11 Å². The normalized spacial score (nSPS) is 9.00. The van der Waals surface area contributed by atoms with E-state index in [0.717, 1.165) is 6.42 Å². The molecule has 0 aromatic carbocycles. The molecule has 0 aliphatic rings. The van der Waals surface area contributed by atoms with Crippen LogP contribution in [0.5, 0.6) is 0 Å². The molecule has 56 valence electrons. The number of aliphatic hydroxyl groups is 1. The fourth-order valence-electron chi connectivity index (χ4n) is 0.892. The van der Waals surface area contributed by atoms with Gasteiger partial charge in [0, 0.05) is 6.61 Å². The van der Waals surface area contributed by atoms with Crippen LogP contribution in [0.25, 0.3) is 0 Å². The summed E-state index contributed by atoms with van der Waals surface area (Å²) in [6.07, 6.45) is 7.50. The Morgan fingerprint density at radius 1 is 0.900 bits per heavy atom. The number of unbranched alkanes of at least 4 members (excludes halogenated alkanes) is 5. The van der Waals surface area contributed by atoms with Gasteiger partial charge in [-0.25, -0.2) is 0 Å². The molecule has 0 saturated carbocycles. The van der Waals surface area contributed by atoms with Gasteiger partial charge in [-0.2, -0.15) is 0 Å². The molecule has 0 aromatic heterocycles. The minimum Gasteiger partial charge on any atom is -0.396 e. The van der Waals surface area contributed by atoms with Crippen molar-refractivity contribution in [3.63, 3.8) is 0 Å². The average molecular weight is 157 g/mol. The second-order valence-electron chi connectivity index (χ2n) is 2.49. The van der Waals surface area contributed by atoms with E-state index in [9.17, 15) is 0 Å². The van der Waals surface area contributed by atoms with Crippen LogP contribution in [-0.4, -0.2) is 29.1 Å². The second-order valence-corrected chi connectivity index (χ2v) is 2.49. The van der Waals surface area contributed by atoms with E-state index in [2.05, 4.69) is 6.92 Å². The first-order chi connectivity index (χ1) is 4.41. The predicted molar refractivity (Wildman–Crippen MR) is 46.2 cm³/mol. The van der Waals surface area contributed by atoms with E-state index in [-0.39, 0.29) is 17.4 Å². The third-order valence-electron chi connectivity index (χ3n) is 1.51. The standard InChI is InChI=1S/C8H18O.Al/c1-2-3-4-5-6-7-8-9;/h9H,2-8H2,1H3;/q;+3. The Balaban J connectivity index is 0. The minimum atomic E-state index is 0. The van der Waals surface area contributed by atoms with Crippen LogP contribution in [-0.2, 0) is 0 Å². The van der Waals surface area contributed by atoms with Gasteiger partial charge in [-0.3, -0.25) is 0 Å². The van der Waals surface area contributed by atoms with Crippen molar-refractivity contribution in [1.29, 1.82) is 0 Å². The average Bonchev–Trinajstić information content (AvgIpc) is 1.89. The van der Waals surface area contributed by atoms with Gasteiger partial charge in [0.25, 0.3) is 0 Å². The molecule has 0 radical (unpaired) electrons. The van der Waals surface area contributed by atoms with E-state index in [1.54, 1.807) is 0 Å². The monoisotopic (exact) mass is 157 g/mol. The van der Waals surface area contributed by atoms with Crippen LogP contribution in [0.15, 0.2) is 0 Å². The fourth-order valence-corrected chi connectivity index (χ4v) is 0.892. The van der Waals surface area contributed by atoms with E-state index in [1.807, 2.05) is 0 Å². The van der Waals surface area contributed by atoms with Crippen LogP contribution in [0, 0.1) is 0 Å².